The summed E-state index contributed by atoms with van der Waals surface area (Å²) in [5.41, 5.74) is 1.93. The van der Waals surface area contributed by atoms with E-state index in [1.54, 1.807) is 9.80 Å². The quantitative estimate of drug-likeness (QED) is 0.448. The van der Waals surface area contributed by atoms with Gasteiger partial charge in [0.05, 0.1) is 13.7 Å². The van der Waals surface area contributed by atoms with Crippen molar-refractivity contribution in [2.45, 2.75) is 44.9 Å². The first kappa shape index (κ1) is 29.1. The Morgan fingerprint density at radius 2 is 1.62 bits per heavy atom. The Kier molecular flexibility index (Phi) is 10.1. The zero-order valence-corrected chi connectivity index (χ0v) is 23.2. The van der Waals surface area contributed by atoms with Crippen molar-refractivity contribution in [3.63, 3.8) is 0 Å². The van der Waals surface area contributed by atoms with Gasteiger partial charge in [0.25, 0.3) is 0 Å². The summed E-state index contributed by atoms with van der Waals surface area (Å²) >= 11 is 0. The summed E-state index contributed by atoms with van der Waals surface area (Å²) in [5.74, 6) is -0.167. The number of hydrogen-bond acceptors (Lipinski definition) is 7. The van der Waals surface area contributed by atoms with Gasteiger partial charge >= 0.3 is 5.97 Å². The number of ether oxygens (including phenoxy) is 2. The molecule has 2 heterocycles. The molecule has 40 heavy (non-hydrogen) atoms. The lowest BCUT2D eigenvalue weighted by molar-refractivity contribution is -0.145. The number of piperazine rings is 1. The minimum atomic E-state index is -0.823. The number of likely N-dealkylation sites (tertiary alicyclic amines) is 1. The Morgan fingerprint density at radius 3 is 2.27 bits per heavy atom. The van der Waals surface area contributed by atoms with E-state index in [1.807, 2.05) is 59.5 Å². The predicted octanol–water partition coefficient (Wildman–Crippen LogP) is 1.62. The zero-order valence-electron chi connectivity index (χ0n) is 23.2. The van der Waals surface area contributed by atoms with Crippen LogP contribution in [0.3, 0.4) is 0 Å². The molecule has 2 aliphatic heterocycles. The number of benzene rings is 2. The van der Waals surface area contributed by atoms with Crippen molar-refractivity contribution in [1.82, 2.24) is 20.0 Å². The molecule has 2 saturated heterocycles. The standard InChI is InChI=1S/C30H38N4O6/c1-22(35)34-14-6-9-27(34)29(37)33-17-15-32(16-18-33)20-28(36)31-26(30(38)39-2)19-23-10-12-25(13-11-23)40-21-24-7-4-3-5-8-24/h3-5,7-8,10-13,26-27H,6,9,14-21H2,1-2H3,(H,31,36)/t26-,27-/m0/s1. The number of carbonyl (C=O) groups is 4. The maximum Gasteiger partial charge on any atom is 0.328 e. The average molecular weight is 551 g/mol. The molecule has 10 nitrogen and oxygen atoms in total. The first-order chi connectivity index (χ1) is 19.3. The van der Waals surface area contributed by atoms with E-state index >= 15 is 0 Å². The predicted molar refractivity (Wildman–Crippen MR) is 148 cm³/mol. The fourth-order valence-corrected chi connectivity index (χ4v) is 5.21. The number of amides is 3. The summed E-state index contributed by atoms with van der Waals surface area (Å²) in [4.78, 5) is 55.5. The van der Waals surface area contributed by atoms with Crippen molar-refractivity contribution >= 4 is 23.7 Å². The van der Waals surface area contributed by atoms with Crippen LogP contribution in [-0.4, -0.2) is 96.9 Å². The van der Waals surface area contributed by atoms with Gasteiger partial charge in [-0.05, 0) is 36.1 Å². The highest BCUT2D eigenvalue weighted by Crippen LogP contribution is 2.20. The lowest BCUT2D eigenvalue weighted by Crippen LogP contribution is -2.56. The number of nitrogens with one attached hydrogen (secondary N) is 1. The fraction of sp³-hybridized carbons (Fsp3) is 0.467. The van der Waals surface area contributed by atoms with Crippen LogP contribution in [0.15, 0.2) is 54.6 Å². The lowest BCUT2D eigenvalue weighted by Gasteiger charge is -2.37. The van der Waals surface area contributed by atoms with Gasteiger partial charge in [-0.1, -0.05) is 42.5 Å². The monoisotopic (exact) mass is 550 g/mol. The summed E-state index contributed by atoms with van der Waals surface area (Å²) in [6.07, 6.45) is 1.82. The molecule has 0 spiro atoms. The van der Waals surface area contributed by atoms with Gasteiger partial charge in [0.1, 0.15) is 24.4 Å². The van der Waals surface area contributed by atoms with Gasteiger partial charge in [0.2, 0.25) is 17.7 Å². The number of carbonyl (C=O) groups excluding carboxylic acids is 4. The van der Waals surface area contributed by atoms with Crippen LogP contribution in [0.2, 0.25) is 0 Å². The van der Waals surface area contributed by atoms with Gasteiger partial charge in [-0.2, -0.15) is 0 Å². The minimum Gasteiger partial charge on any atom is -0.489 e. The maximum atomic E-state index is 13.0. The average Bonchev–Trinajstić information content (AvgIpc) is 3.47. The summed E-state index contributed by atoms with van der Waals surface area (Å²) < 4.78 is 10.8. The molecule has 0 unspecified atom stereocenters. The molecule has 0 aromatic heterocycles. The Morgan fingerprint density at radius 1 is 0.925 bits per heavy atom. The second-order valence-corrected chi connectivity index (χ2v) is 10.2. The van der Waals surface area contributed by atoms with Crippen LogP contribution >= 0.6 is 0 Å². The van der Waals surface area contributed by atoms with Gasteiger partial charge in [-0.25, -0.2) is 4.79 Å². The molecule has 214 valence electrons. The van der Waals surface area contributed by atoms with E-state index in [4.69, 9.17) is 9.47 Å². The van der Waals surface area contributed by atoms with Crippen LogP contribution in [0.1, 0.15) is 30.9 Å². The molecule has 0 saturated carbocycles. The lowest BCUT2D eigenvalue weighted by atomic mass is 10.1. The number of hydrogen-bond donors (Lipinski definition) is 1. The van der Waals surface area contributed by atoms with E-state index in [9.17, 15) is 19.2 Å². The fourth-order valence-electron chi connectivity index (χ4n) is 5.21. The van der Waals surface area contributed by atoms with E-state index in [0.29, 0.717) is 51.5 Å². The van der Waals surface area contributed by atoms with E-state index in [2.05, 4.69) is 5.32 Å². The van der Waals surface area contributed by atoms with E-state index < -0.39 is 12.0 Å². The number of esters is 1. The first-order valence-corrected chi connectivity index (χ1v) is 13.7. The van der Waals surface area contributed by atoms with Crippen molar-refractivity contribution < 1.29 is 28.7 Å². The second kappa shape index (κ2) is 13.9. The molecule has 2 fully saturated rings. The molecule has 0 bridgehead atoms. The maximum absolute atomic E-state index is 13.0. The highest BCUT2D eigenvalue weighted by atomic mass is 16.5. The Labute approximate surface area is 235 Å². The minimum absolute atomic E-state index is 0.0148. The van der Waals surface area contributed by atoms with Crippen LogP contribution in [0, 0.1) is 0 Å². The third kappa shape index (κ3) is 7.81. The largest absolute Gasteiger partial charge is 0.489 e. The normalized spacial score (nSPS) is 18.2. The highest BCUT2D eigenvalue weighted by Gasteiger charge is 2.36. The van der Waals surface area contributed by atoms with Crippen molar-refractivity contribution in [1.29, 1.82) is 0 Å². The molecular formula is C30H38N4O6. The third-order valence-corrected chi connectivity index (χ3v) is 7.43. The summed E-state index contributed by atoms with van der Waals surface area (Å²) in [5, 5.41) is 2.81. The van der Waals surface area contributed by atoms with Crippen molar-refractivity contribution in [3.8, 4) is 5.75 Å². The first-order valence-electron chi connectivity index (χ1n) is 13.7. The highest BCUT2D eigenvalue weighted by molar-refractivity contribution is 5.88. The molecule has 2 atom stereocenters. The van der Waals surface area contributed by atoms with E-state index in [1.165, 1.54) is 14.0 Å². The molecule has 0 aliphatic carbocycles. The van der Waals surface area contributed by atoms with E-state index in [0.717, 1.165) is 17.5 Å². The van der Waals surface area contributed by atoms with Gasteiger partial charge in [-0.3, -0.25) is 19.3 Å². The van der Waals surface area contributed by atoms with Crippen molar-refractivity contribution in [2.75, 3.05) is 46.4 Å². The van der Waals surface area contributed by atoms with Gasteiger partial charge < -0.3 is 24.6 Å². The summed E-state index contributed by atoms with van der Waals surface area (Å²) in [7, 11) is 1.30. The van der Waals surface area contributed by atoms with Crippen molar-refractivity contribution in [2.24, 2.45) is 0 Å². The van der Waals surface area contributed by atoms with Gasteiger partial charge in [0.15, 0.2) is 0 Å². The van der Waals surface area contributed by atoms with Crippen LogP contribution in [0.25, 0.3) is 0 Å². The Bertz CT molecular complexity index is 1160. The smallest absolute Gasteiger partial charge is 0.328 e. The molecule has 2 aromatic carbocycles. The van der Waals surface area contributed by atoms with Crippen LogP contribution < -0.4 is 10.1 Å². The second-order valence-electron chi connectivity index (χ2n) is 10.2. The number of rotatable bonds is 10. The molecule has 3 amide bonds. The molecule has 2 aromatic rings. The van der Waals surface area contributed by atoms with Crippen LogP contribution in [0.5, 0.6) is 5.75 Å². The number of nitrogens with zero attached hydrogens (tertiary/aromatic N) is 3. The van der Waals surface area contributed by atoms with Gasteiger partial charge in [-0.15, -0.1) is 0 Å². The Balaban J connectivity index is 1.24. The SMILES string of the molecule is COC(=O)[C@H](Cc1ccc(OCc2ccccc2)cc1)NC(=O)CN1CCN(C(=O)[C@@H]2CCCN2C(C)=O)CC1. The van der Waals surface area contributed by atoms with E-state index in [-0.39, 0.29) is 36.7 Å². The van der Waals surface area contributed by atoms with Gasteiger partial charge in [0, 0.05) is 46.1 Å². The molecule has 0 radical (unpaired) electrons. The molecule has 10 heteroatoms. The zero-order chi connectivity index (χ0) is 28.5. The van der Waals surface area contributed by atoms with Crippen LogP contribution in [0.4, 0.5) is 0 Å². The molecule has 1 N–H and O–H groups in total. The van der Waals surface area contributed by atoms with Crippen LogP contribution in [-0.2, 0) is 36.9 Å². The molecular weight excluding hydrogens is 512 g/mol. The topological polar surface area (TPSA) is 108 Å². The summed E-state index contributed by atoms with van der Waals surface area (Å²) in [6.45, 7) is 4.77. The Hall–Kier alpha value is -3.92. The molecule has 2 aliphatic rings. The van der Waals surface area contributed by atoms with Crippen molar-refractivity contribution in [3.05, 3.63) is 65.7 Å². The number of methoxy groups -OCH3 is 1. The molecule has 4 rings (SSSR count). The third-order valence-electron chi connectivity index (χ3n) is 7.43. The summed E-state index contributed by atoms with van der Waals surface area (Å²) in [6, 6.07) is 16.1.